The first-order valence-corrected chi connectivity index (χ1v) is 9.04. The molecule has 4 nitrogen and oxygen atoms in total. The van der Waals surface area contributed by atoms with E-state index in [4.69, 9.17) is 10.3 Å². The number of alkyl halides is 5. The Morgan fingerprint density at radius 3 is 1.50 bits per heavy atom. The summed E-state index contributed by atoms with van der Waals surface area (Å²) in [6, 6.07) is 0. The first-order chi connectivity index (χ1) is 10.9. The van der Waals surface area contributed by atoms with Crippen LogP contribution in [0.4, 0.5) is 22.0 Å². The second-order valence-electron chi connectivity index (χ2n) is 5.23. The van der Waals surface area contributed by atoms with Crippen LogP contribution >= 0.6 is 0 Å². The third kappa shape index (κ3) is 16.1. The van der Waals surface area contributed by atoms with Crippen LogP contribution < -0.4 is 5.73 Å². The molecule has 0 amide bonds. The van der Waals surface area contributed by atoms with Crippen molar-refractivity contribution in [2.75, 3.05) is 6.54 Å². The Bertz CT molecular complexity index is 425. The van der Waals surface area contributed by atoms with Gasteiger partial charge in [-0.05, 0) is 12.8 Å². The van der Waals surface area contributed by atoms with Gasteiger partial charge in [-0.1, -0.05) is 38.2 Å². The summed E-state index contributed by atoms with van der Waals surface area (Å²) < 4.78 is 89.8. The molecule has 0 aliphatic carbocycles. The van der Waals surface area contributed by atoms with Crippen molar-refractivity contribution < 1.29 is 34.9 Å². The predicted molar refractivity (Wildman–Crippen MR) is 83.4 cm³/mol. The summed E-state index contributed by atoms with van der Waals surface area (Å²) in [4.78, 5) is 0. The van der Waals surface area contributed by atoms with Gasteiger partial charge in [-0.2, -0.15) is 30.4 Å². The van der Waals surface area contributed by atoms with Crippen LogP contribution in [0.5, 0.6) is 0 Å². The maximum atomic E-state index is 12.8. The van der Waals surface area contributed by atoms with Crippen LogP contribution in [0.3, 0.4) is 0 Å². The van der Waals surface area contributed by atoms with Gasteiger partial charge in [-0.3, -0.25) is 4.55 Å². The summed E-state index contributed by atoms with van der Waals surface area (Å²) in [7, 11) is -5.36. The van der Waals surface area contributed by atoms with Gasteiger partial charge in [0.1, 0.15) is 0 Å². The summed E-state index contributed by atoms with van der Waals surface area (Å²) >= 11 is 0. The number of halogens is 5. The van der Waals surface area contributed by atoms with Crippen LogP contribution in [0.15, 0.2) is 12.7 Å². The van der Waals surface area contributed by atoms with Crippen molar-refractivity contribution >= 4 is 10.1 Å². The Kier molecular flexibility index (Phi) is 13.4. The monoisotopic (exact) mass is 383 g/mol. The SMILES string of the molecule is C=CCN.O=S(=O)(O)C(F)(F)CCCCCCCCCC(F)(F)F. The smallest absolute Gasteiger partial charge is 0.327 e. The van der Waals surface area contributed by atoms with E-state index in [-0.39, 0.29) is 12.8 Å². The lowest BCUT2D eigenvalue weighted by molar-refractivity contribution is -0.135. The number of hydrogen-bond acceptors (Lipinski definition) is 3. The van der Waals surface area contributed by atoms with Gasteiger partial charge < -0.3 is 5.73 Å². The summed E-state index contributed by atoms with van der Waals surface area (Å²) in [6.07, 6.45) is -1.70. The number of nitrogens with two attached hydrogens (primary N) is 1. The van der Waals surface area contributed by atoms with Crippen LogP contribution in [0.25, 0.3) is 0 Å². The highest BCUT2D eigenvalue weighted by Crippen LogP contribution is 2.27. The number of hydrogen-bond donors (Lipinski definition) is 2. The molecule has 0 bridgehead atoms. The van der Waals surface area contributed by atoms with Gasteiger partial charge in [0.05, 0.1) is 0 Å². The van der Waals surface area contributed by atoms with Crippen molar-refractivity contribution in [1.29, 1.82) is 0 Å². The van der Waals surface area contributed by atoms with Crippen molar-refractivity contribution in [3.63, 3.8) is 0 Å². The van der Waals surface area contributed by atoms with Gasteiger partial charge in [0.25, 0.3) is 0 Å². The van der Waals surface area contributed by atoms with E-state index in [9.17, 15) is 30.4 Å². The lowest BCUT2D eigenvalue weighted by Crippen LogP contribution is -2.27. The summed E-state index contributed by atoms with van der Waals surface area (Å²) in [5.74, 6) is 0. The first-order valence-electron chi connectivity index (χ1n) is 7.60. The molecule has 3 N–H and O–H groups in total. The van der Waals surface area contributed by atoms with Crippen LogP contribution in [0.1, 0.15) is 57.8 Å². The fourth-order valence-corrected chi connectivity index (χ4v) is 2.07. The minimum absolute atomic E-state index is 0.0598. The highest BCUT2D eigenvalue weighted by atomic mass is 32.2. The number of rotatable bonds is 11. The molecule has 0 fully saturated rings. The molecular formula is C14H26F5NO3S. The maximum Gasteiger partial charge on any atom is 0.389 e. The average molecular weight is 383 g/mol. The topological polar surface area (TPSA) is 80.4 Å². The third-order valence-corrected chi connectivity index (χ3v) is 3.93. The molecule has 0 aromatic carbocycles. The average Bonchev–Trinajstić information content (AvgIpc) is 2.43. The van der Waals surface area contributed by atoms with Crippen molar-refractivity contribution in [1.82, 2.24) is 0 Å². The molecule has 0 rings (SSSR count). The van der Waals surface area contributed by atoms with E-state index >= 15 is 0 Å². The van der Waals surface area contributed by atoms with Crippen molar-refractivity contribution in [3.8, 4) is 0 Å². The first kappa shape index (κ1) is 25.5. The minimum Gasteiger partial charge on any atom is -0.327 e. The second kappa shape index (κ2) is 12.6. The van der Waals surface area contributed by atoms with Crippen LogP contribution in [-0.2, 0) is 10.1 Å². The highest BCUT2D eigenvalue weighted by molar-refractivity contribution is 7.86. The Labute approximate surface area is 140 Å². The Balaban J connectivity index is 0. The molecular weight excluding hydrogens is 357 g/mol. The fourth-order valence-electron chi connectivity index (χ4n) is 1.67. The summed E-state index contributed by atoms with van der Waals surface area (Å²) in [6.45, 7) is 3.94. The fraction of sp³-hybridized carbons (Fsp3) is 0.857. The van der Waals surface area contributed by atoms with Crippen LogP contribution in [0, 0.1) is 0 Å². The van der Waals surface area contributed by atoms with Gasteiger partial charge in [0.15, 0.2) is 0 Å². The van der Waals surface area contributed by atoms with Crippen LogP contribution in [0.2, 0.25) is 0 Å². The van der Waals surface area contributed by atoms with Crippen molar-refractivity contribution in [2.24, 2.45) is 5.73 Å². The van der Waals surface area contributed by atoms with E-state index in [1.165, 1.54) is 0 Å². The van der Waals surface area contributed by atoms with Gasteiger partial charge in [-0.15, -0.1) is 6.58 Å². The van der Waals surface area contributed by atoms with E-state index in [1.807, 2.05) is 0 Å². The Morgan fingerprint density at radius 1 is 0.875 bits per heavy atom. The standard InChI is InChI=1S/C11H19F5O3S.C3H7N/c12-10(13,14)8-6-4-2-1-3-5-7-9-11(15,16)20(17,18)19;1-2-3-4/h1-9H2,(H,17,18,19);2H,1,3-4H2. The molecule has 0 saturated carbocycles. The predicted octanol–water partition coefficient (Wildman–Crippen LogP) is 4.67. The third-order valence-electron chi connectivity index (χ3n) is 2.97. The molecule has 24 heavy (non-hydrogen) atoms. The largest absolute Gasteiger partial charge is 0.389 e. The lowest BCUT2D eigenvalue weighted by Gasteiger charge is -2.12. The zero-order chi connectivity index (χ0) is 19.3. The quantitative estimate of drug-likeness (QED) is 0.235. The van der Waals surface area contributed by atoms with Gasteiger partial charge in [0, 0.05) is 19.4 Å². The molecule has 0 aliphatic heterocycles. The molecule has 0 aromatic heterocycles. The maximum absolute atomic E-state index is 12.8. The summed E-state index contributed by atoms with van der Waals surface area (Å²) in [5.41, 5.74) is 4.91. The Morgan fingerprint density at radius 2 is 1.21 bits per heavy atom. The molecule has 0 aliphatic rings. The lowest BCUT2D eigenvalue weighted by atomic mass is 10.1. The molecule has 0 saturated heterocycles. The van der Waals surface area contributed by atoms with Crippen molar-refractivity contribution in [2.45, 2.75) is 69.2 Å². The zero-order valence-electron chi connectivity index (χ0n) is 13.5. The van der Waals surface area contributed by atoms with Gasteiger partial charge in [-0.25, -0.2) is 0 Å². The molecule has 0 atom stereocenters. The van der Waals surface area contributed by atoms with Gasteiger partial charge in [0.2, 0.25) is 0 Å². The second-order valence-corrected chi connectivity index (χ2v) is 6.77. The van der Waals surface area contributed by atoms with Crippen molar-refractivity contribution in [3.05, 3.63) is 12.7 Å². The molecule has 0 spiro atoms. The minimum atomic E-state index is -5.36. The zero-order valence-corrected chi connectivity index (χ0v) is 14.3. The van der Waals surface area contributed by atoms with E-state index in [1.54, 1.807) is 6.08 Å². The van der Waals surface area contributed by atoms with E-state index < -0.39 is 34.4 Å². The summed E-state index contributed by atoms with van der Waals surface area (Å²) in [5, 5.41) is -4.13. The number of unbranched alkanes of at least 4 members (excludes halogenated alkanes) is 6. The van der Waals surface area contributed by atoms with Crippen LogP contribution in [-0.4, -0.2) is 30.9 Å². The molecule has 146 valence electrons. The normalized spacial score (nSPS) is 12.5. The molecule has 0 unspecified atom stereocenters. The van der Waals surface area contributed by atoms with E-state index in [0.717, 1.165) is 0 Å². The molecule has 0 heterocycles. The highest BCUT2D eigenvalue weighted by Gasteiger charge is 2.42. The molecule has 0 radical (unpaired) electrons. The Hall–Kier alpha value is -0.740. The van der Waals surface area contributed by atoms with E-state index in [2.05, 4.69) is 6.58 Å². The van der Waals surface area contributed by atoms with Gasteiger partial charge >= 0.3 is 21.5 Å². The molecule has 0 aromatic rings. The molecule has 10 heteroatoms. The van der Waals surface area contributed by atoms with E-state index in [0.29, 0.717) is 38.6 Å².